The van der Waals surface area contributed by atoms with E-state index in [9.17, 15) is 4.79 Å². The van der Waals surface area contributed by atoms with Crippen molar-refractivity contribution < 1.29 is 9.53 Å². The number of hydrogen-bond acceptors (Lipinski definition) is 2. The van der Waals surface area contributed by atoms with Gasteiger partial charge in [-0.1, -0.05) is 0 Å². The zero-order valence-electron chi connectivity index (χ0n) is 6.46. The topological polar surface area (TPSA) is 29.5 Å². The Kier molecular flexibility index (Phi) is 2.27. The first-order valence-electron chi connectivity index (χ1n) is 3.62. The molecule has 0 aliphatic carbocycles. The molecule has 3 heteroatoms. The summed E-state index contributed by atoms with van der Waals surface area (Å²) in [5.74, 6) is 0.127. The molecule has 1 aliphatic heterocycles. The van der Waals surface area contributed by atoms with Crippen LogP contribution in [0, 0.1) is 0 Å². The molecule has 0 aromatic heterocycles. The van der Waals surface area contributed by atoms with E-state index in [0.717, 1.165) is 13.0 Å². The number of carbonyl (C=O) groups excluding carboxylic acids is 1. The molecule has 3 nitrogen and oxygen atoms in total. The molecule has 1 heterocycles. The minimum atomic E-state index is -0.157. The van der Waals surface area contributed by atoms with Crippen molar-refractivity contribution in [3.63, 3.8) is 0 Å². The maximum atomic E-state index is 11.1. The maximum absolute atomic E-state index is 11.1. The molecule has 1 fully saturated rings. The van der Waals surface area contributed by atoms with Gasteiger partial charge in [-0.3, -0.25) is 4.79 Å². The number of likely N-dealkylation sites (tertiary alicyclic amines) is 1. The molecular formula is C7H13NO2. The van der Waals surface area contributed by atoms with Crippen molar-refractivity contribution in [2.45, 2.75) is 19.4 Å². The first-order chi connectivity index (χ1) is 4.75. The minimum Gasteiger partial charge on any atom is -0.369 e. The third kappa shape index (κ3) is 1.29. The summed E-state index contributed by atoms with van der Waals surface area (Å²) in [6, 6.07) is 0. The van der Waals surface area contributed by atoms with Gasteiger partial charge in [0.15, 0.2) is 0 Å². The van der Waals surface area contributed by atoms with E-state index in [1.807, 2.05) is 6.92 Å². The van der Waals surface area contributed by atoms with Gasteiger partial charge in [-0.05, 0) is 6.92 Å². The Hall–Kier alpha value is -0.570. The molecule has 0 spiro atoms. The van der Waals surface area contributed by atoms with E-state index in [2.05, 4.69) is 0 Å². The molecule has 0 aromatic carbocycles. The summed E-state index contributed by atoms with van der Waals surface area (Å²) in [6.07, 6.45) is 0.693. The van der Waals surface area contributed by atoms with E-state index in [0.29, 0.717) is 6.61 Å². The Morgan fingerprint density at radius 1 is 1.80 bits per heavy atom. The standard InChI is InChI=1S/C7H13NO2/c1-3-10-6-4-5-8(2)7(6)9/h6H,3-5H2,1-2H3. The van der Waals surface area contributed by atoms with Crippen LogP contribution in [-0.4, -0.2) is 37.1 Å². The third-order valence-corrected chi connectivity index (χ3v) is 1.75. The molecule has 1 atom stereocenters. The number of nitrogens with zero attached hydrogens (tertiary/aromatic N) is 1. The lowest BCUT2D eigenvalue weighted by atomic mass is 10.3. The Bertz CT molecular complexity index is 134. The van der Waals surface area contributed by atoms with Crippen LogP contribution in [-0.2, 0) is 9.53 Å². The fraction of sp³-hybridized carbons (Fsp3) is 0.857. The van der Waals surface area contributed by atoms with Crippen LogP contribution in [0.25, 0.3) is 0 Å². The van der Waals surface area contributed by atoms with Crippen molar-refractivity contribution in [2.75, 3.05) is 20.2 Å². The van der Waals surface area contributed by atoms with Gasteiger partial charge in [-0.2, -0.15) is 0 Å². The first kappa shape index (κ1) is 7.54. The monoisotopic (exact) mass is 143 g/mol. The molecule has 0 bridgehead atoms. The number of amides is 1. The highest BCUT2D eigenvalue weighted by atomic mass is 16.5. The van der Waals surface area contributed by atoms with Gasteiger partial charge in [0, 0.05) is 26.6 Å². The van der Waals surface area contributed by atoms with Gasteiger partial charge in [0.25, 0.3) is 5.91 Å². The Labute approximate surface area is 61.0 Å². The number of rotatable bonds is 2. The quantitative estimate of drug-likeness (QED) is 0.554. The highest BCUT2D eigenvalue weighted by Crippen LogP contribution is 2.11. The van der Waals surface area contributed by atoms with Crippen molar-refractivity contribution in [3.05, 3.63) is 0 Å². The molecule has 0 aromatic rings. The third-order valence-electron chi connectivity index (χ3n) is 1.75. The lowest BCUT2D eigenvalue weighted by Crippen LogP contribution is -2.27. The van der Waals surface area contributed by atoms with Gasteiger partial charge in [0.2, 0.25) is 0 Å². The van der Waals surface area contributed by atoms with E-state index in [1.54, 1.807) is 11.9 Å². The molecule has 0 N–H and O–H groups in total. The molecule has 1 saturated heterocycles. The zero-order valence-corrected chi connectivity index (χ0v) is 6.46. The number of carbonyl (C=O) groups is 1. The molecule has 0 radical (unpaired) electrons. The summed E-state index contributed by atoms with van der Waals surface area (Å²) in [5, 5.41) is 0. The second-order valence-corrected chi connectivity index (χ2v) is 2.49. The summed E-state index contributed by atoms with van der Waals surface area (Å²) >= 11 is 0. The van der Waals surface area contributed by atoms with Crippen LogP contribution in [0.1, 0.15) is 13.3 Å². The fourth-order valence-electron chi connectivity index (χ4n) is 1.15. The minimum absolute atomic E-state index is 0.127. The normalized spacial score (nSPS) is 26.0. The van der Waals surface area contributed by atoms with Crippen molar-refractivity contribution in [2.24, 2.45) is 0 Å². The van der Waals surface area contributed by atoms with Crippen LogP contribution in [0.15, 0.2) is 0 Å². The number of ether oxygens (including phenoxy) is 1. The lowest BCUT2D eigenvalue weighted by molar-refractivity contribution is -0.135. The van der Waals surface area contributed by atoms with Gasteiger partial charge in [-0.15, -0.1) is 0 Å². The van der Waals surface area contributed by atoms with E-state index < -0.39 is 0 Å². The molecule has 10 heavy (non-hydrogen) atoms. The Morgan fingerprint density at radius 2 is 2.50 bits per heavy atom. The first-order valence-corrected chi connectivity index (χ1v) is 3.62. The van der Waals surface area contributed by atoms with Gasteiger partial charge >= 0.3 is 0 Å². The van der Waals surface area contributed by atoms with Crippen molar-refractivity contribution in [1.82, 2.24) is 4.90 Å². The van der Waals surface area contributed by atoms with Gasteiger partial charge in [0.1, 0.15) is 6.10 Å². The van der Waals surface area contributed by atoms with E-state index in [4.69, 9.17) is 4.74 Å². The summed E-state index contributed by atoms with van der Waals surface area (Å²) in [6.45, 7) is 3.37. The summed E-state index contributed by atoms with van der Waals surface area (Å²) in [7, 11) is 1.81. The molecule has 0 saturated carbocycles. The second kappa shape index (κ2) is 3.01. The SMILES string of the molecule is CCOC1CCN(C)C1=O. The second-order valence-electron chi connectivity index (χ2n) is 2.49. The van der Waals surface area contributed by atoms with E-state index in [1.165, 1.54) is 0 Å². The van der Waals surface area contributed by atoms with Crippen LogP contribution in [0.5, 0.6) is 0 Å². The molecule has 1 unspecified atom stereocenters. The highest BCUT2D eigenvalue weighted by Gasteiger charge is 2.28. The number of likely N-dealkylation sites (N-methyl/N-ethyl adjacent to an activating group) is 1. The molecule has 1 rings (SSSR count). The van der Waals surface area contributed by atoms with E-state index in [-0.39, 0.29) is 12.0 Å². The fourth-order valence-corrected chi connectivity index (χ4v) is 1.15. The van der Waals surface area contributed by atoms with E-state index >= 15 is 0 Å². The van der Waals surface area contributed by atoms with Crippen LogP contribution < -0.4 is 0 Å². The lowest BCUT2D eigenvalue weighted by Gasteiger charge is -2.09. The average molecular weight is 143 g/mol. The van der Waals surface area contributed by atoms with Crippen molar-refractivity contribution in [3.8, 4) is 0 Å². The number of hydrogen-bond donors (Lipinski definition) is 0. The molecule has 58 valence electrons. The maximum Gasteiger partial charge on any atom is 0.251 e. The highest BCUT2D eigenvalue weighted by molar-refractivity contribution is 5.82. The van der Waals surface area contributed by atoms with Crippen LogP contribution in [0.4, 0.5) is 0 Å². The Balaban J connectivity index is 2.41. The van der Waals surface area contributed by atoms with Crippen LogP contribution in [0.2, 0.25) is 0 Å². The summed E-state index contributed by atoms with van der Waals surface area (Å²) < 4.78 is 5.19. The van der Waals surface area contributed by atoms with Crippen molar-refractivity contribution in [1.29, 1.82) is 0 Å². The largest absolute Gasteiger partial charge is 0.369 e. The molecule has 1 aliphatic rings. The Morgan fingerprint density at radius 3 is 2.90 bits per heavy atom. The summed E-state index contributed by atoms with van der Waals surface area (Å²) in [4.78, 5) is 12.8. The van der Waals surface area contributed by atoms with Gasteiger partial charge in [0.05, 0.1) is 0 Å². The van der Waals surface area contributed by atoms with Crippen molar-refractivity contribution >= 4 is 5.91 Å². The predicted molar refractivity (Wildman–Crippen MR) is 37.7 cm³/mol. The van der Waals surface area contributed by atoms with Crippen LogP contribution in [0.3, 0.4) is 0 Å². The van der Waals surface area contributed by atoms with Crippen LogP contribution >= 0.6 is 0 Å². The smallest absolute Gasteiger partial charge is 0.251 e. The molecular weight excluding hydrogens is 130 g/mol. The average Bonchev–Trinajstić information content (AvgIpc) is 2.20. The predicted octanol–water partition coefficient (Wildman–Crippen LogP) is 0.254. The molecule has 1 amide bonds. The zero-order chi connectivity index (χ0) is 7.56. The van der Waals surface area contributed by atoms with Gasteiger partial charge in [-0.25, -0.2) is 0 Å². The van der Waals surface area contributed by atoms with Gasteiger partial charge < -0.3 is 9.64 Å². The summed E-state index contributed by atoms with van der Waals surface area (Å²) in [5.41, 5.74) is 0.